The van der Waals surface area contributed by atoms with Gasteiger partial charge in [0.15, 0.2) is 0 Å². The lowest BCUT2D eigenvalue weighted by molar-refractivity contribution is 0.444. The molecule has 0 heterocycles. The van der Waals surface area contributed by atoms with E-state index in [1.807, 2.05) is 6.92 Å². The number of halogens is 1. The van der Waals surface area contributed by atoms with E-state index >= 15 is 0 Å². The minimum absolute atomic E-state index is 0.0203. The lowest BCUT2D eigenvalue weighted by Crippen LogP contribution is -2.33. The smallest absolute Gasteiger partial charge is 0.207 e. The third-order valence-corrected chi connectivity index (χ3v) is 4.91. The van der Waals surface area contributed by atoms with Gasteiger partial charge in [-0.1, -0.05) is 12.8 Å². The number of nitrogens with zero attached hydrogens (tertiary/aromatic N) is 1. The first-order chi connectivity index (χ1) is 8.84. The summed E-state index contributed by atoms with van der Waals surface area (Å²) in [4.78, 5) is 0.151. The summed E-state index contributed by atoms with van der Waals surface area (Å²) in [7, 11) is -3.68. The molecule has 0 aromatic heterocycles. The van der Waals surface area contributed by atoms with Gasteiger partial charge in [0.1, 0.15) is 5.82 Å². The summed E-state index contributed by atoms with van der Waals surface area (Å²) in [5.74, 6) is 1.91. The van der Waals surface area contributed by atoms with Crippen molar-refractivity contribution in [1.29, 1.82) is 0 Å². The largest absolute Gasteiger partial charge is 0.244 e. The molecule has 0 radical (unpaired) electrons. The Morgan fingerprint density at radius 3 is 2.26 bits per heavy atom. The summed E-state index contributed by atoms with van der Waals surface area (Å²) in [6, 6.07) is 2.44. The Labute approximate surface area is 114 Å². The maximum atomic E-state index is 13.3. The standard InChI is InChI=1S/C14H18FNO2S/c1-5-7-16(8-6-2)19(17,18)14-11(3)9-13(15)10-12(14)4/h1,9-10H,6-8H2,2-4H3. The van der Waals surface area contributed by atoms with Crippen molar-refractivity contribution in [3.8, 4) is 12.3 Å². The molecule has 0 amide bonds. The third-order valence-electron chi connectivity index (χ3n) is 2.76. The number of terminal acetylenes is 1. The van der Waals surface area contributed by atoms with E-state index in [-0.39, 0.29) is 11.4 Å². The fraction of sp³-hybridized carbons (Fsp3) is 0.429. The van der Waals surface area contributed by atoms with E-state index in [1.54, 1.807) is 13.8 Å². The monoisotopic (exact) mass is 283 g/mol. The molecule has 1 rings (SSSR count). The van der Waals surface area contributed by atoms with Crippen molar-refractivity contribution >= 4 is 10.0 Å². The molecule has 1 aromatic rings. The first-order valence-corrected chi connectivity index (χ1v) is 7.49. The van der Waals surface area contributed by atoms with Crippen LogP contribution in [-0.4, -0.2) is 25.8 Å². The van der Waals surface area contributed by atoms with Crippen molar-refractivity contribution < 1.29 is 12.8 Å². The second-order valence-corrected chi connectivity index (χ2v) is 6.29. The van der Waals surface area contributed by atoms with E-state index in [0.717, 1.165) is 0 Å². The highest BCUT2D eigenvalue weighted by Gasteiger charge is 2.26. The maximum Gasteiger partial charge on any atom is 0.244 e. The molecule has 104 valence electrons. The number of rotatable bonds is 5. The first-order valence-electron chi connectivity index (χ1n) is 6.05. The zero-order valence-electron chi connectivity index (χ0n) is 11.4. The molecule has 0 saturated heterocycles. The highest BCUT2D eigenvalue weighted by atomic mass is 32.2. The fourth-order valence-electron chi connectivity index (χ4n) is 2.07. The Kier molecular flexibility index (Phi) is 5.10. The highest BCUT2D eigenvalue weighted by Crippen LogP contribution is 2.24. The lowest BCUT2D eigenvalue weighted by atomic mass is 10.1. The topological polar surface area (TPSA) is 37.4 Å². The van der Waals surface area contributed by atoms with Crippen LogP contribution in [0.5, 0.6) is 0 Å². The van der Waals surface area contributed by atoms with Crippen molar-refractivity contribution in [3.05, 3.63) is 29.1 Å². The van der Waals surface area contributed by atoms with Crippen LogP contribution in [0, 0.1) is 32.0 Å². The first kappa shape index (κ1) is 15.7. The average molecular weight is 283 g/mol. The van der Waals surface area contributed by atoms with Crippen LogP contribution in [0.3, 0.4) is 0 Å². The van der Waals surface area contributed by atoms with Gasteiger partial charge < -0.3 is 0 Å². The molecule has 0 N–H and O–H groups in total. The van der Waals surface area contributed by atoms with Crippen LogP contribution >= 0.6 is 0 Å². The zero-order valence-corrected chi connectivity index (χ0v) is 12.2. The van der Waals surface area contributed by atoms with Gasteiger partial charge in [-0.25, -0.2) is 12.8 Å². The summed E-state index contributed by atoms with van der Waals surface area (Å²) in [6.45, 7) is 5.42. The molecule has 1 aromatic carbocycles. The van der Waals surface area contributed by atoms with Crippen LogP contribution in [0.25, 0.3) is 0 Å². The van der Waals surface area contributed by atoms with Crippen molar-refractivity contribution in [2.45, 2.75) is 32.1 Å². The summed E-state index contributed by atoms with van der Waals surface area (Å²) >= 11 is 0. The van der Waals surface area contributed by atoms with Gasteiger partial charge in [0.25, 0.3) is 0 Å². The number of hydrogen-bond donors (Lipinski definition) is 0. The second kappa shape index (κ2) is 6.18. The van der Waals surface area contributed by atoms with Crippen LogP contribution in [0.4, 0.5) is 4.39 Å². The van der Waals surface area contributed by atoms with Crippen LogP contribution in [0.1, 0.15) is 24.5 Å². The van der Waals surface area contributed by atoms with Crippen molar-refractivity contribution in [3.63, 3.8) is 0 Å². The molecule has 0 spiro atoms. The van der Waals surface area contributed by atoms with Crippen LogP contribution in [0.15, 0.2) is 17.0 Å². The van der Waals surface area contributed by atoms with Crippen molar-refractivity contribution in [2.24, 2.45) is 0 Å². The van der Waals surface area contributed by atoms with Gasteiger partial charge in [-0.15, -0.1) is 6.42 Å². The number of hydrogen-bond acceptors (Lipinski definition) is 2. The minimum atomic E-state index is -3.68. The van der Waals surface area contributed by atoms with Gasteiger partial charge in [-0.2, -0.15) is 4.31 Å². The molecule has 0 fully saturated rings. The van der Waals surface area contributed by atoms with Crippen LogP contribution in [0.2, 0.25) is 0 Å². The Bertz CT molecular complexity index is 579. The van der Waals surface area contributed by atoms with Crippen molar-refractivity contribution in [1.82, 2.24) is 4.31 Å². The molecule has 3 nitrogen and oxygen atoms in total. The summed E-state index contributed by atoms with van der Waals surface area (Å²) in [5.41, 5.74) is 0.797. The van der Waals surface area contributed by atoms with E-state index in [4.69, 9.17) is 6.42 Å². The minimum Gasteiger partial charge on any atom is -0.207 e. The second-order valence-electron chi connectivity index (χ2n) is 4.41. The molecule has 5 heteroatoms. The van der Waals surface area contributed by atoms with Crippen LogP contribution in [-0.2, 0) is 10.0 Å². The highest BCUT2D eigenvalue weighted by molar-refractivity contribution is 7.89. The summed E-state index contributed by atoms with van der Waals surface area (Å²) in [6.07, 6.45) is 5.89. The fourth-order valence-corrected chi connectivity index (χ4v) is 3.93. The molecule has 0 saturated carbocycles. The van der Waals surface area contributed by atoms with Gasteiger partial charge in [0.2, 0.25) is 10.0 Å². The Morgan fingerprint density at radius 2 is 1.84 bits per heavy atom. The van der Waals surface area contributed by atoms with Gasteiger partial charge >= 0.3 is 0 Å². The van der Waals surface area contributed by atoms with Gasteiger partial charge in [-0.05, 0) is 43.5 Å². The normalized spacial score (nSPS) is 11.6. The SMILES string of the molecule is C#CCN(CCC)S(=O)(=O)c1c(C)cc(F)cc1C. The van der Waals surface area contributed by atoms with E-state index in [2.05, 4.69) is 5.92 Å². The van der Waals surface area contributed by atoms with Gasteiger partial charge in [0.05, 0.1) is 11.4 Å². The predicted molar refractivity (Wildman–Crippen MR) is 73.8 cm³/mol. The maximum absolute atomic E-state index is 13.3. The predicted octanol–water partition coefficient (Wildman–Crippen LogP) is 2.48. The third kappa shape index (κ3) is 3.34. The average Bonchev–Trinajstić information content (AvgIpc) is 2.26. The molecule has 0 unspecified atom stereocenters. The molecule has 0 bridgehead atoms. The van der Waals surface area contributed by atoms with E-state index in [9.17, 15) is 12.8 Å². The summed E-state index contributed by atoms with van der Waals surface area (Å²) in [5, 5.41) is 0. The molecule has 0 aliphatic carbocycles. The molecule has 0 aliphatic rings. The number of benzene rings is 1. The number of aryl methyl sites for hydroxylation is 2. The molecule has 0 aliphatic heterocycles. The summed E-state index contributed by atoms with van der Waals surface area (Å²) < 4.78 is 39.6. The van der Waals surface area contributed by atoms with E-state index < -0.39 is 15.8 Å². The molecule has 0 atom stereocenters. The Balaban J connectivity index is 3.38. The van der Waals surface area contributed by atoms with Gasteiger partial charge in [-0.3, -0.25) is 0 Å². The van der Waals surface area contributed by atoms with Gasteiger partial charge in [0, 0.05) is 6.54 Å². The Morgan fingerprint density at radius 1 is 1.32 bits per heavy atom. The number of sulfonamides is 1. The lowest BCUT2D eigenvalue weighted by Gasteiger charge is -2.21. The zero-order chi connectivity index (χ0) is 14.6. The van der Waals surface area contributed by atoms with E-state index in [0.29, 0.717) is 24.1 Å². The van der Waals surface area contributed by atoms with Crippen molar-refractivity contribution in [2.75, 3.05) is 13.1 Å². The molecular formula is C14H18FNO2S. The quantitative estimate of drug-likeness (QED) is 0.779. The van der Waals surface area contributed by atoms with Crippen LogP contribution < -0.4 is 0 Å². The molecule has 19 heavy (non-hydrogen) atoms. The van der Waals surface area contributed by atoms with E-state index in [1.165, 1.54) is 16.4 Å². The molecular weight excluding hydrogens is 265 g/mol. The Hall–Kier alpha value is -1.38.